The molecule has 0 saturated heterocycles. The van der Waals surface area contributed by atoms with Crippen LogP contribution in [0.2, 0.25) is 0 Å². The van der Waals surface area contributed by atoms with Crippen molar-refractivity contribution in [2.24, 2.45) is 0 Å². The molecule has 0 bridgehead atoms. The average Bonchev–Trinajstić information content (AvgIpc) is 3.09. The second-order valence-electron chi connectivity index (χ2n) is 7.57. The summed E-state index contributed by atoms with van der Waals surface area (Å²) in [5.41, 5.74) is 5.87. The van der Waals surface area contributed by atoms with Crippen LogP contribution in [0.3, 0.4) is 0 Å². The maximum atomic E-state index is 2.31. The molecule has 1 radical (unpaired) electrons. The zero-order chi connectivity index (χ0) is 16.9. The Morgan fingerprint density at radius 3 is 1.04 bits per heavy atom. The fourth-order valence-electron chi connectivity index (χ4n) is 2.40. The molecule has 133 valence electrons. The molecule has 2 aromatic rings. The van der Waals surface area contributed by atoms with Crippen molar-refractivity contribution < 1.29 is 16.8 Å². The van der Waals surface area contributed by atoms with Gasteiger partial charge in [0, 0.05) is 16.8 Å². The number of hydrogen-bond acceptors (Lipinski definition) is 0. The molecule has 0 amide bonds. The molecular formula is C22H34Co-2. The van der Waals surface area contributed by atoms with E-state index in [9.17, 15) is 0 Å². The molecule has 2 aromatic carbocycles. The standard InChI is InChI=1S/2C11H17.Co/c2*1-8(2)10-5-6-11(7-10)9(3)4;/h2*5-9H,1-4H3;/q2*-1;. The van der Waals surface area contributed by atoms with Crippen molar-refractivity contribution in [3.63, 3.8) is 0 Å². The van der Waals surface area contributed by atoms with Crippen LogP contribution in [0.5, 0.6) is 0 Å². The van der Waals surface area contributed by atoms with Gasteiger partial charge >= 0.3 is 0 Å². The van der Waals surface area contributed by atoms with Gasteiger partial charge in [0.05, 0.1) is 0 Å². The van der Waals surface area contributed by atoms with Gasteiger partial charge in [0.1, 0.15) is 0 Å². The molecule has 23 heavy (non-hydrogen) atoms. The molecule has 0 heterocycles. The van der Waals surface area contributed by atoms with E-state index in [0.717, 1.165) is 0 Å². The molecule has 0 unspecified atom stereocenters. The molecule has 0 aliphatic rings. The summed E-state index contributed by atoms with van der Waals surface area (Å²) in [5, 5.41) is 0. The minimum absolute atomic E-state index is 0. The van der Waals surface area contributed by atoms with Gasteiger partial charge in [-0.3, -0.25) is 0 Å². The van der Waals surface area contributed by atoms with Crippen molar-refractivity contribution >= 4 is 0 Å². The van der Waals surface area contributed by atoms with Crippen LogP contribution < -0.4 is 0 Å². The molecule has 0 nitrogen and oxygen atoms in total. The summed E-state index contributed by atoms with van der Waals surface area (Å²) >= 11 is 0. The molecule has 0 saturated carbocycles. The zero-order valence-corrected chi connectivity index (χ0v) is 17.1. The fourth-order valence-corrected chi connectivity index (χ4v) is 2.40. The van der Waals surface area contributed by atoms with Gasteiger partial charge in [0.2, 0.25) is 0 Å². The van der Waals surface area contributed by atoms with Crippen molar-refractivity contribution in [2.45, 2.75) is 79.1 Å². The summed E-state index contributed by atoms with van der Waals surface area (Å²) in [6.45, 7) is 17.9. The Morgan fingerprint density at radius 2 is 0.913 bits per heavy atom. The Kier molecular flexibility index (Phi) is 9.80. The van der Waals surface area contributed by atoms with Crippen LogP contribution in [-0.4, -0.2) is 0 Å². The third kappa shape index (κ3) is 7.09. The average molecular weight is 357 g/mol. The maximum absolute atomic E-state index is 2.31. The largest absolute Gasteiger partial charge is 0.210 e. The second kappa shape index (κ2) is 10.2. The number of hydrogen-bond donors (Lipinski definition) is 0. The quantitative estimate of drug-likeness (QED) is 0.504. The van der Waals surface area contributed by atoms with Crippen molar-refractivity contribution in [2.75, 3.05) is 0 Å². The van der Waals surface area contributed by atoms with Crippen LogP contribution in [0, 0.1) is 0 Å². The summed E-state index contributed by atoms with van der Waals surface area (Å²) < 4.78 is 0. The van der Waals surface area contributed by atoms with E-state index in [4.69, 9.17) is 0 Å². The molecule has 0 fully saturated rings. The van der Waals surface area contributed by atoms with Gasteiger partial charge in [0.15, 0.2) is 0 Å². The van der Waals surface area contributed by atoms with E-state index in [2.05, 4.69) is 91.8 Å². The van der Waals surface area contributed by atoms with E-state index in [1.807, 2.05) is 0 Å². The predicted octanol–water partition coefficient (Wildman–Crippen LogP) is 7.30. The minimum atomic E-state index is 0. The van der Waals surface area contributed by atoms with E-state index in [1.165, 1.54) is 22.3 Å². The van der Waals surface area contributed by atoms with Gasteiger partial charge in [0.25, 0.3) is 0 Å². The van der Waals surface area contributed by atoms with Crippen molar-refractivity contribution in [1.29, 1.82) is 0 Å². The van der Waals surface area contributed by atoms with Gasteiger partial charge in [-0.25, -0.2) is 12.1 Å². The van der Waals surface area contributed by atoms with Crippen LogP contribution >= 0.6 is 0 Å². The molecule has 0 aliphatic carbocycles. The smallest absolute Gasteiger partial charge is 0 e. The molecule has 0 aliphatic heterocycles. The monoisotopic (exact) mass is 357 g/mol. The van der Waals surface area contributed by atoms with E-state index in [-0.39, 0.29) is 16.8 Å². The predicted molar refractivity (Wildman–Crippen MR) is 100 cm³/mol. The van der Waals surface area contributed by atoms with Crippen molar-refractivity contribution in [3.05, 3.63) is 58.7 Å². The second-order valence-corrected chi connectivity index (χ2v) is 7.57. The Balaban J connectivity index is 0.000000403. The molecule has 1 heteroatoms. The van der Waals surface area contributed by atoms with Gasteiger partial charge < -0.3 is 0 Å². The molecule has 2 rings (SSSR count). The van der Waals surface area contributed by atoms with E-state index in [1.54, 1.807) is 0 Å². The fraction of sp³-hybridized carbons (Fsp3) is 0.545. The third-order valence-electron chi connectivity index (χ3n) is 4.27. The maximum Gasteiger partial charge on any atom is 0 e. The first-order chi connectivity index (χ1) is 10.2. The zero-order valence-electron chi connectivity index (χ0n) is 16.1. The van der Waals surface area contributed by atoms with Gasteiger partial charge in [-0.05, 0) is 0 Å². The molecule has 0 spiro atoms. The van der Waals surface area contributed by atoms with Crippen LogP contribution in [0.25, 0.3) is 0 Å². The molecule has 0 aromatic heterocycles. The normalized spacial score (nSPS) is 11.0. The minimum Gasteiger partial charge on any atom is -0.210 e. The Hall–Kier alpha value is -0.794. The van der Waals surface area contributed by atoms with Crippen LogP contribution in [0.1, 0.15) is 101 Å². The van der Waals surface area contributed by atoms with Crippen LogP contribution in [0.15, 0.2) is 36.4 Å². The first-order valence-electron chi connectivity index (χ1n) is 8.75. The van der Waals surface area contributed by atoms with E-state index >= 15 is 0 Å². The topological polar surface area (TPSA) is 0 Å². The Labute approximate surface area is 154 Å². The van der Waals surface area contributed by atoms with Gasteiger partial charge in [-0.2, -0.15) is 46.5 Å². The van der Waals surface area contributed by atoms with E-state index in [0.29, 0.717) is 23.7 Å². The molecule has 0 atom stereocenters. The Bertz CT molecular complexity index is 443. The SMILES string of the molecule is CC(C)c1cc[c-](C(C)C)c1.CC(C)c1cc[c-](C(C)C)c1.[Co]. The van der Waals surface area contributed by atoms with Gasteiger partial charge in [-0.1, -0.05) is 79.1 Å². The summed E-state index contributed by atoms with van der Waals surface area (Å²) in [4.78, 5) is 0. The summed E-state index contributed by atoms with van der Waals surface area (Å²) in [7, 11) is 0. The van der Waals surface area contributed by atoms with E-state index < -0.39 is 0 Å². The molecule has 0 N–H and O–H groups in total. The van der Waals surface area contributed by atoms with Crippen LogP contribution in [0.4, 0.5) is 0 Å². The summed E-state index contributed by atoms with van der Waals surface area (Å²) in [6.07, 6.45) is 0. The Morgan fingerprint density at radius 1 is 0.609 bits per heavy atom. The molecular weight excluding hydrogens is 323 g/mol. The first kappa shape index (κ1) is 22.2. The van der Waals surface area contributed by atoms with Crippen LogP contribution in [-0.2, 0) is 16.8 Å². The van der Waals surface area contributed by atoms with Crippen molar-refractivity contribution in [3.8, 4) is 0 Å². The summed E-state index contributed by atoms with van der Waals surface area (Å²) in [5.74, 6) is 2.68. The van der Waals surface area contributed by atoms with Gasteiger partial charge in [-0.15, -0.1) is 0 Å². The third-order valence-corrected chi connectivity index (χ3v) is 4.27. The van der Waals surface area contributed by atoms with Crippen molar-refractivity contribution in [1.82, 2.24) is 0 Å². The number of rotatable bonds is 4. The summed E-state index contributed by atoms with van der Waals surface area (Å²) in [6, 6.07) is 13.6. The first-order valence-corrected chi connectivity index (χ1v) is 8.75.